The molecule has 3 N–H and O–H groups in total. The number of piperidine rings is 1. The summed E-state index contributed by atoms with van der Waals surface area (Å²) in [5, 5.41) is 14.9. The molecule has 152 valence electrons. The summed E-state index contributed by atoms with van der Waals surface area (Å²) in [4.78, 5) is 23.7. The van der Waals surface area contributed by atoms with Gasteiger partial charge in [-0.3, -0.25) is 0 Å². The van der Waals surface area contributed by atoms with Crippen LogP contribution in [-0.4, -0.2) is 60.7 Å². The summed E-state index contributed by atoms with van der Waals surface area (Å²) in [5.74, 6) is 0.211. The molecule has 1 saturated heterocycles. The number of nitrogens with zero attached hydrogens (tertiary/aromatic N) is 1. The molecule has 0 aliphatic carbocycles. The molecule has 7 heteroatoms. The second-order valence-corrected chi connectivity index (χ2v) is 7.85. The van der Waals surface area contributed by atoms with E-state index in [-0.39, 0.29) is 24.4 Å². The number of phenols is 1. The average Bonchev–Trinajstić information content (AvgIpc) is 2.50. The predicted molar refractivity (Wildman–Crippen MR) is 107 cm³/mol. The number of likely N-dealkylation sites (N-methyl/N-ethyl adjacent to an activating group) is 1. The van der Waals surface area contributed by atoms with Crippen LogP contribution in [0.25, 0.3) is 0 Å². The Hall–Kier alpha value is -2.28. The second-order valence-electron chi connectivity index (χ2n) is 7.85. The first-order chi connectivity index (χ1) is 12.6. The normalized spacial score (nSPS) is 17.3. The van der Waals surface area contributed by atoms with Gasteiger partial charge in [0.2, 0.25) is 0 Å². The number of aromatic hydroxyl groups is 1. The molecule has 1 fully saturated rings. The first-order valence-electron chi connectivity index (χ1n) is 9.25. The third-order valence-corrected chi connectivity index (χ3v) is 3.80. The van der Waals surface area contributed by atoms with Gasteiger partial charge in [-0.05, 0) is 71.8 Å². The van der Waals surface area contributed by atoms with E-state index in [1.54, 1.807) is 12.1 Å². The lowest BCUT2D eigenvalue weighted by molar-refractivity contribution is -0.106. The number of hydrogen-bond acceptors (Lipinski definition) is 6. The molecule has 1 unspecified atom stereocenters. The number of amides is 1. The molecule has 1 aliphatic rings. The molecule has 1 aromatic carbocycles. The van der Waals surface area contributed by atoms with Gasteiger partial charge < -0.3 is 30.2 Å². The number of carbonyl (C=O) groups excluding carboxylic acids is 2. The number of phenolic OH excluding ortho intramolecular Hbond substituents is 1. The Balaban J connectivity index is 0.000000277. The third-order valence-electron chi connectivity index (χ3n) is 3.80. The van der Waals surface area contributed by atoms with E-state index < -0.39 is 5.60 Å². The van der Waals surface area contributed by atoms with Crippen LogP contribution >= 0.6 is 0 Å². The van der Waals surface area contributed by atoms with E-state index in [0.717, 1.165) is 43.5 Å². The zero-order valence-corrected chi connectivity index (χ0v) is 17.0. The number of anilines is 1. The first kappa shape index (κ1) is 22.8. The molecular weight excluding hydrogens is 346 g/mol. The maximum Gasteiger partial charge on any atom is 0.407 e. The highest BCUT2D eigenvalue weighted by Gasteiger charge is 2.22. The fraction of sp³-hybridized carbons (Fsp3) is 0.600. The Morgan fingerprint density at radius 1 is 1.37 bits per heavy atom. The lowest BCUT2D eigenvalue weighted by Crippen LogP contribution is -2.47. The SMILES string of the molecule is CN1CCCC(NC(=O)OC(C)(C)C)C1.Cc1cc(O)cc(NCC=O)c1. The molecular formula is C20H33N3O4. The fourth-order valence-electron chi connectivity index (χ4n) is 2.78. The molecule has 0 radical (unpaired) electrons. The topological polar surface area (TPSA) is 90.9 Å². The number of alkyl carbamates (subject to hydrolysis) is 1. The number of likely N-dealkylation sites (tertiary alicyclic amines) is 1. The van der Waals surface area contributed by atoms with Gasteiger partial charge in [0, 0.05) is 24.3 Å². The standard InChI is InChI=1S/C11H22N2O2.C9H11NO2/c1-11(2,3)15-10(14)12-9-6-5-7-13(4)8-9;1-7-4-8(10-2-3-11)6-9(12)5-7/h9H,5-8H2,1-4H3,(H,12,14);3-6,10,12H,2H2,1H3. The molecule has 1 aliphatic heterocycles. The quantitative estimate of drug-likeness (QED) is 0.697. The predicted octanol–water partition coefficient (Wildman–Crippen LogP) is 2.92. The van der Waals surface area contributed by atoms with Crippen LogP contribution in [0.1, 0.15) is 39.2 Å². The van der Waals surface area contributed by atoms with Gasteiger partial charge in [-0.2, -0.15) is 0 Å². The van der Waals surface area contributed by atoms with Gasteiger partial charge >= 0.3 is 6.09 Å². The van der Waals surface area contributed by atoms with Crippen molar-refractivity contribution in [2.45, 2.75) is 52.2 Å². The molecule has 1 heterocycles. The minimum absolute atomic E-state index is 0.211. The summed E-state index contributed by atoms with van der Waals surface area (Å²) in [6, 6.07) is 5.34. The summed E-state index contributed by atoms with van der Waals surface area (Å²) in [6.45, 7) is 9.80. The number of carbonyl (C=O) groups is 2. The van der Waals surface area contributed by atoms with Gasteiger partial charge in [0.25, 0.3) is 0 Å². The maximum atomic E-state index is 11.5. The van der Waals surface area contributed by atoms with E-state index >= 15 is 0 Å². The smallest absolute Gasteiger partial charge is 0.407 e. The van der Waals surface area contributed by atoms with Crippen LogP contribution in [0.15, 0.2) is 18.2 Å². The van der Waals surface area contributed by atoms with Crippen molar-refractivity contribution in [3.05, 3.63) is 23.8 Å². The van der Waals surface area contributed by atoms with E-state index in [9.17, 15) is 9.59 Å². The number of benzene rings is 1. The molecule has 0 aromatic heterocycles. The van der Waals surface area contributed by atoms with Crippen molar-refractivity contribution < 1.29 is 19.4 Å². The maximum absolute atomic E-state index is 11.5. The van der Waals surface area contributed by atoms with Crippen LogP contribution in [-0.2, 0) is 9.53 Å². The van der Waals surface area contributed by atoms with Crippen molar-refractivity contribution in [1.82, 2.24) is 10.2 Å². The van der Waals surface area contributed by atoms with Crippen LogP contribution < -0.4 is 10.6 Å². The van der Waals surface area contributed by atoms with Gasteiger partial charge in [0.05, 0.1) is 6.54 Å². The average molecular weight is 380 g/mol. The zero-order chi connectivity index (χ0) is 20.4. The molecule has 2 rings (SSSR count). The highest BCUT2D eigenvalue weighted by molar-refractivity contribution is 5.68. The molecule has 27 heavy (non-hydrogen) atoms. The molecule has 1 atom stereocenters. The molecule has 0 saturated carbocycles. The summed E-state index contributed by atoms with van der Waals surface area (Å²) >= 11 is 0. The van der Waals surface area contributed by atoms with Gasteiger partial charge in [-0.15, -0.1) is 0 Å². The van der Waals surface area contributed by atoms with E-state index in [0.29, 0.717) is 0 Å². The number of aryl methyl sites for hydroxylation is 1. The van der Waals surface area contributed by atoms with Gasteiger partial charge in [0.15, 0.2) is 0 Å². The van der Waals surface area contributed by atoms with Crippen LogP contribution in [0.2, 0.25) is 0 Å². The minimum Gasteiger partial charge on any atom is -0.508 e. The molecule has 1 aromatic rings. The summed E-state index contributed by atoms with van der Waals surface area (Å²) in [7, 11) is 2.07. The number of hydrogen-bond donors (Lipinski definition) is 3. The Morgan fingerprint density at radius 2 is 2.07 bits per heavy atom. The van der Waals surface area contributed by atoms with Crippen LogP contribution in [0, 0.1) is 6.92 Å². The van der Waals surface area contributed by atoms with Crippen LogP contribution in [0.4, 0.5) is 10.5 Å². The number of aldehydes is 1. The first-order valence-corrected chi connectivity index (χ1v) is 9.25. The van der Waals surface area contributed by atoms with Crippen molar-refractivity contribution >= 4 is 18.1 Å². The van der Waals surface area contributed by atoms with E-state index in [1.807, 2.05) is 33.8 Å². The van der Waals surface area contributed by atoms with Crippen LogP contribution in [0.5, 0.6) is 5.75 Å². The Labute approximate surface area is 162 Å². The summed E-state index contributed by atoms with van der Waals surface area (Å²) < 4.78 is 5.21. The van der Waals surface area contributed by atoms with Gasteiger partial charge in [-0.1, -0.05) is 0 Å². The van der Waals surface area contributed by atoms with E-state index in [2.05, 4.69) is 22.6 Å². The van der Waals surface area contributed by atoms with Gasteiger partial charge in [0.1, 0.15) is 17.6 Å². The monoisotopic (exact) mass is 379 g/mol. The van der Waals surface area contributed by atoms with Crippen molar-refractivity contribution in [3.8, 4) is 5.75 Å². The zero-order valence-electron chi connectivity index (χ0n) is 17.0. The minimum atomic E-state index is -0.412. The van der Waals surface area contributed by atoms with Gasteiger partial charge in [-0.25, -0.2) is 4.79 Å². The summed E-state index contributed by atoms with van der Waals surface area (Å²) in [6.07, 6.45) is 2.66. The lowest BCUT2D eigenvalue weighted by atomic mass is 10.1. The largest absolute Gasteiger partial charge is 0.508 e. The highest BCUT2D eigenvalue weighted by Crippen LogP contribution is 2.18. The van der Waals surface area contributed by atoms with E-state index in [1.165, 1.54) is 0 Å². The van der Waals surface area contributed by atoms with Crippen LogP contribution in [0.3, 0.4) is 0 Å². The molecule has 0 bridgehead atoms. The summed E-state index contributed by atoms with van der Waals surface area (Å²) in [5.41, 5.74) is 1.31. The third kappa shape index (κ3) is 10.5. The Bertz CT molecular complexity index is 593. The molecule has 0 spiro atoms. The lowest BCUT2D eigenvalue weighted by Gasteiger charge is -2.31. The second kappa shape index (κ2) is 10.8. The Kier molecular flexibility index (Phi) is 9.08. The number of ether oxygens (including phenoxy) is 1. The van der Waals surface area contributed by atoms with Crippen molar-refractivity contribution in [3.63, 3.8) is 0 Å². The molecule has 7 nitrogen and oxygen atoms in total. The number of rotatable bonds is 4. The highest BCUT2D eigenvalue weighted by atomic mass is 16.6. The molecule has 1 amide bonds. The van der Waals surface area contributed by atoms with Crippen molar-refractivity contribution in [2.24, 2.45) is 0 Å². The van der Waals surface area contributed by atoms with Crippen molar-refractivity contribution in [2.75, 3.05) is 32.0 Å². The van der Waals surface area contributed by atoms with Crippen molar-refractivity contribution in [1.29, 1.82) is 0 Å². The number of nitrogens with one attached hydrogen (secondary N) is 2. The fourth-order valence-corrected chi connectivity index (χ4v) is 2.78. The Morgan fingerprint density at radius 3 is 2.63 bits per heavy atom. The van der Waals surface area contributed by atoms with E-state index in [4.69, 9.17) is 9.84 Å².